The van der Waals surface area contributed by atoms with Crippen LogP contribution in [0.3, 0.4) is 0 Å². The summed E-state index contributed by atoms with van der Waals surface area (Å²) in [5.74, 6) is -0.645. The minimum atomic E-state index is -0.510. The predicted octanol–water partition coefficient (Wildman–Crippen LogP) is 4.57. The highest BCUT2D eigenvalue weighted by Crippen LogP contribution is 2.31. The molecule has 8 heteroatoms. The number of ketones is 1. The third-order valence-electron chi connectivity index (χ3n) is 3.77. The maximum absolute atomic E-state index is 12.2. The third kappa shape index (κ3) is 4.36. The van der Waals surface area contributed by atoms with Crippen molar-refractivity contribution in [3.63, 3.8) is 0 Å². The Morgan fingerprint density at radius 3 is 2.46 bits per heavy atom. The highest BCUT2D eigenvalue weighted by molar-refractivity contribution is 7.18. The zero-order valence-electron chi connectivity index (χ0n) is 14.8. The van der Waals surface area contributed by atoms with Crippen molar-refractivity contribution in [3.05, 3.63) is 81.2 Å². The van der Waals surface area contributed by atoms with E-state index >= 15 is 0 Å². The summed E-state index contributed by atoms with van der Waals surface area (Å²) in [6, 6.07) is 15.3. The standard InChI is InChI=1S/C20H15N3O4S/c1-13(24)19-18(15-8-3-2-4-9-15)22-20(28-19)21-17(25)12-11-14-7-5-6-10-16(14)23(26)27/h2-12H,1H3,(H,21,22,25)/b12-11+. The lowest BCUT2D eigenvalue weighted by Gasteiger charge is -1.98. The summed E-state index contributed by atoms with van der Waals surface area (Å²) in [6.07, 6.45) is 2.56. The Hall–Kier alpha value is -3.65. The third-order valence-corrected chi connectivity index (χ3v) is 4.84. The number of para-hydroxylation sites is 1. The van der Waals surface area contributed by atoms with E-state index in [9.17, 15) is 19.7 Å². The molecule has 0 aliphatic rings. The molecule has 2 aromatic carbocycles. The summed E-state index contributed by atoms with van der Waals surface area (Å²) < 4.78 is 0. The number of rotatable bonds is 6. The number of carbonyl (C=O) groups excluding carboxylic acids is 2. The van der Waals surface area contributed by atoms with Gasteiger partial charge in [0, 0.05) is 24.6 Å². The van der Waals surface area contributed by atoms with Crippen molar-refractivity contribution < 1.29 is 14.5 Å². The van der Waals surface area contributed by atoms with Gasteiger partial charge in [-0.25, -0.2) is 4.98 Å². The van der Waals surface area contributed by atoms with E-state index in [2.05, 4.69) is 10.3 Å². The molecule has 0 unspecified atom stereocenters. The van der Waals surface area contributed by atoms with Crippen LogP contribution in [0, 0.1) is 10.1 Å². The van der Waals surface area contributed by atoms with Crippen LogP contribution < -0.4 is 5.32 Å². The molecule has 0 aliphatic carbocycles. The van der Waals surface area contributed by atoms with E-state index in [1.807, 2.05) is 30.3 Å². The fraction of sp³-hybridized carbons (Fsp3) is 0.0500. The van der Waals surface area contributed by atoms with Gasteiger partial charge in [0.25, 0.3) is 5.69 Å². The molecule has 3 rings (SSSR count). The van der Waals surface area contributed by atoms with E-state index in [0.29, 0.717) is 16.1 Å². The SMILES string of the molecule is CC(=O)c1sc(NC(=O)/C=C/c2ccccc2[N+](=O)[O-])nc1-c1ccccc1. The van der Waals surface area contributed by atoms with Crippen LogP contribution in [-0.4, -0.2) is 21.6 Å². The summed E-state index contributed by atoms with van der Waals surface area (Å²) in [5.41, 5.74) is 1.51. The van der Waals surface area contributed by atoms with Gasteiger partial charge in [-0.2, -0.15) is 0 Å². The number of hydrogen-bond donors (Lipinski definition) is 1. The van der Waals surface area contributed by atoms with E-state index in [0.717, 1.165) is 16.9 Å². The van der Waals surface area contributed by atoms with E-state index in [1.54, 1.807) is 18.2 Å². The van der Waals surface area contributed by atoms with Gasteiger partial charge >= 0.3 is 0 Å². The van der Waals surface area contributed by atoms with E-state index in [-0.39, 0.29) is 16.6 Å². The topological polar surface area (TPSA) is 102 Å². The van der Waals surface area contributed by atoms with Crippen LogP contribution in [0.4, 0.5) is 10.8 Å². The van der Waals surface area contributed by atoms with Crippen molar-refractivity contribution >= 4 is 39.9 Å². The second kappa shape index (κ2) is 8.36. The molecule has 3 aromatic rings. The van der Waals surface area contributed by atoms with Crippen LogP contribution in [0.5, 0.6) is 0 Å². The summed E-state index contributed by atoms with van der Waals surface area (Å²) in [4.78, 5) is 39.5. The summed E-state index contributed by atoms with van der Waals surface area (Å²) in [7, 11) is 0. The van der Waals surface area contributed by atoms with Gasteiger partial charge in [0.05, 0.1) is 21.1 Å². The summed E-state index contributed by atoms with van der Waals surface area (Å²) >= 11 is 1.09. The summed E-state index contributed by atoms with van der Waals surface area (Å²) in [6.45, 7) is 1.44. The van der Waals surface area contributed by atoms with Gasteiger partial charge in [0.2, 0.25) is 5.91 Å². The van der Waals surface area contributed by atoms with Crippen LogP contribution in [0.2, 0.25) is 0 Å². The van der Waals surface area contributed by atoms with Crippen LogP contribution in [-0.2, 0) is 4.79 Å². The molecule has 0 radical (unpaired) electrons. The number of hydrogen-bond acceptors (Lipinski definition) is 6. The summed E-state index contributed by atoms with van der Waals surface area (Å²) in [5, 5.41) is 13.9. The molecule has 1 aromatic heterocycles. The van der Waals surface area contributed by atoms with Gasteiger partial charge in [-0.15, -0.1) is 0 Å². The second-order valence-corrected chi connectivity index (χ2v) is 6.76. The van der Waals surface area contributed by atoms with Crippen LogP contribution in [0.15, 0.2) is 60.7 Å². The Kier molecular flexibility index (Phi) is 5.71. The average Bonchev–Trinajstić information content (AvgIpc) is 3.11. The Balaban J connectivity index is 1.82. The number of benzene rings is 2. The first-order valence-corrected chi connectivity index (χ1v) is 9.07. The molecule has 1 amide bonds. The smallest absolute Gasteiger partial charge is 0.276 e. The molecular weight excluding hydrogens is 378 g/mol. The van der Waals surface area contributed by atoms with Crippen LogP contribution in [0.1, 0.15) is 22.2 Å². The fourth-order valence-corrected chi connectivity index (χ4v) is 3.40. The van der Waals surface area contributed by atoms with Gasteiger partial charge in [-0.1, -0.05) is 53.8 Å². The van der Waals surface area contributed by atoms with Gasteiger partial charge in [0.1, 0.15) is 0 Å². The van der Waals surface area contributed by atoms with Crippen molar-refractivity contribution in [3.8, 4) is 11.3 Å². The zero-order valence-corrected chi connectivity index (χ0v) is 15.6. The van der Waals surface area contributed by atoms with Gasteiger partial charge in [-0.3, -0.25) is 25.0 Å². The number of nitro benzene ring substituents is 1. The second-order valence-electron chi connectivity index (χ2n) is 5.76. The number of carbonyl (C=O) groups is 2. The molecule has 0 saturated heterocycles. The highest BCUT2D eigenvalue weighted by atomic mass is 32.1. The van der Waals surface area contributed by atoms with Gasteiger partial charge in [0.15, 0.2) is 10.9 Å². The molecule has 0 spiro atoms. The minimum absolute atomic E-state index is 0.0916. The van der Waals surface area contributed by atoms with Crippen molar-refractivity contribution in [2.75, 3.05) is 5.32 Å². The van der Waals surface area contributed by atoms with Crippen molar-refractivity contribution in [2.24, 2.45) is 0 Å². The number of Topliss-reactive ketones (excluding diaryl/α,β-unsaturated/α-hetero) is 1. The molecule has 0 fully saturated rings. The van der Waals surface area contributed by atoms with Crippen molar-refractivity contribution in [1.29, 1.82) is 0 Å². The van der Waals surface area contributed by atoms with Gasteiger partial charge in [-0.05, 0) is 12.1 Å². The lowest BCUT2D eigenvalue weighted by atomic mass is 10.1. The number of nitrogens with one attached hydrogen (secondary N) is 1. The first-order chi connectivity index (χ1) is 13.5. The Bertz CT molecular complexity index is 1070. The number of nitrogens with zero attached hydrogens (tertiary/aromatic N) is 2. The lowest BCUT2D eigenvalue weighted by molar-refractivity contribution is -0.385. The number of nitro groups is 1. The van der Waals surface area contributed by atoms with Crippen LogP contribution in [0.25, 0.3) is 17.3 Å². The fourth-order valence-electron chi connectivity index (χ4n) is 2.51. The van der Waals surface area contributed by atoms with Crippen molar-refractivity contribution in [2.45, 2.75) is 6.92 Å². The lowest BCUT2D eigenvalue weighted by Crippen LogP contribution is -2.07. The molecular formula is C20H15N3O4S. The molecule has 1 N–H and O–H groups in total. The van der Waals surface area contributed by atoms with Gasteiger partial charge < -0.3 is 0 Å². The number of aromatic nitrogens is 1. The maximum Gasteiger partial charge on any atom is 0.276 e. The van der Waals surface area contributed by atoms with Crippen LogP contribution >= 0.6 is 11.3 Å². The predicted molar refractivity (Wildman–Crippen MR) is 108 cm³/mol. The number of amides is 1. The quantitative estimate of drug-likeness (QED) is 0.286. The number of anilines is 1. The molecule has 0 saturated carbocycles. The molecule has 0 aliphatic heterocycles. The number of thiazole rings is 1. The molecule has 28 heavy (non-hydrogen) atoms. The minimum Gasteiger partial charge on any atom is -0.298 e. The Morgan fingerprint density at radius 2 is 1.79 bits per heavy atom. The van der Waals surface area contributed by atoms with E-state index in [1.165, 1.54) is 25.1 Å². The largest absolute Gasteiger partial charge is 0.298 e. The van der Waals surface area contributed by atoms with Crippen molar-refractivity contribution in [1.82, 2.24) is 4.98 Å². The van der Waals surface area contributed by atoms with E-state index < -0.39 is 10.8 Å². The zero-order chi connectivity index (χ0) is 20.1. The Morgan fingerprint density at radius 1 is 1.11 bits per heavy atom. The maximum atomic E-state index is 12.2. The molecule has 0 atom stereocenters. The average molecular weight is 393 g/mol. The molecule has 0 bridgehead atoms. The monoisotopic (exact) mass is 393 g/mol. The normalized spacial score (nSPS) is 10.8. The molecule has 1 heterocycles. The first-order valence-electron chi connectivity index (χ1n) is 8.25. The molecule has 140 valence electrons. The van der Waals surface area contributed by atoms with E-state index in [4.69, 9.17) is 0 Å². The molecule has 7 nitrogen and oxygen atoms in total. The highest BCUT2D eigenvalue weighted by Gasteiger charge is 2.17. The first kappa shape index (κ1) is 19.1. The Labute approximate surface area is 164 Å².